The number of amides is 1. The number of piperidine rings is 1. The summed E-state index contributed by atoms with van der Waals surface area (Å²) in [6.07, 6.45) is 9.94. The van der Waals surface area contributed by atoms with Gasteiger partial charge >= 0.3 is 6.09 Å². The van der Waals surface area contributed by atoms with Gasteiger partial charge in [-0.1, -0.05) is 26.2 Å². The van der Waals surface area contributed by atoms with Crippen LogP contribution in [0.25, 0.3) is 0 Å². The summed E-state index contributed by atoms with van der Waals surface area (Å²) in [5, 5.41) is 3.78. The van der Waals surface area contributed by atoms with Crippen LogP contribution >= 0.6 is 0 Å². The van der Waals surface area contributed by atoms with Gasteiger partial charge in [0.05, 0.1) is 0 Å². The third kappa shape index (κ3) is 5.98. The molecule has 0 spiro atoms. The van der Waals surface area contributed by atoms with E-state index in [1.807, 2.05) is 25.7 Å². The molecule has 0 aromatic heterocycles. The fourth-order valence-electron chi connectivity index (χ4n) is 3.86. The number of carbonyl (C=O) groups excluding carboxylic acids is 1. The first kappa shape index (κ1) is 18.6. The molecule has 2 aliphatic rings. The van der Waals surface area contributed by atoms with Crippen molar-refractivity contribution in [3.63, 3.8) is 0 Å². The van der Waals surface area contributed by atoms with Crippen molar-refractivity contribution in [2.75, 3.05) is 13.1 Å². The Balaban J connectivity index is 1.89. The van der Waals surface area contributed by atoms with Crippen LogP contribution in [0.5, 0.6) is 0 Å². The van der Waals surface area contributed by atoms with Crippen molar-refractivity contribution in [2.45, 2.75) is 96.7 Å². The van der Waals surface area contributed by atoms with E-state index in [4.69, 9.17) is 4.74 Å². The third-order valence-corrected chi connectivity index (χ3v) is 5.23. The average molecular weight is 325 g/mol. The molecule has 0 aromatic rings. The summed E-state index contributed by atoms with van der Waals surface area (Å²) in [7, 11) is 0. The highest BCUT2D eigenvalue weighted by Crippen LogP contribution is 2.24. The van der Waals surface area contributed by atoms with Crippen LogP contribution in [0.2, 0.25) is 0 Å². The first-order valence-corrected chi connectivity index (χ1v) is 9.60. The standard InChI is InChI=1S/C19H36N2O2/c1-15-10-6-5-7-12-17(15)20-14-16-11-8-9-13-21(16)18(22)23-19(2,3)4/h15-17,20H,5-14H2,1-4H3. The molecule has 0 aromatic carbocycles. The summed E-state index contributed by atoms with van der Waals surface area (Å²) in [6.45, 7) is 9.94. The van der Waals surface area contributed by atoms with Crippen LogP contribution in [0, 0.1) is 5.92 Å². The van der Waals surface area contributed by atoms with E-state index in [9.17, 15) is 4.79 Å². The topological polar surface area (TPSA) is 41.6 Å². The van der Waals surface area contributed by atoms with Crippen LogP contribution < -0.4 is 5.32 Å². The molecule has 2 fully saturated rings. The molecule has 3 unspecified atom stereocenters. The molecule has 4 heteroatoms. The maximum Gasteiger partial charge on any atom is 0.410 e. The second-order valence-electron chi connectivity index (χ2n) is 8.45. The molecule has 1 saturated heterocycles. The lowest BCUT2D eigenvalue weighted by molar-refractivity contribution is 0.00944. The van der Waals surface area contributed by atoms with Crippen molar-refractivity contribution < 1.29 is 9.53 Å². The normalized spacial score (nSPS) is 29.9. The van der Waals surface area contributed by atoms with Gasteiger partial charge < -0.3 is 15.0 Å². The molecule has 3 atom stereocenters. The Bertz CT molecular complexity index is 378. The number of hydrogen-bond donors (Lipinski definition) is 1. The molecule has 2 rings (SSSR count). The van der Waals surface area contributed by atoms with Crippen LogP contribution in [-0.2, 0) is 4.74 Å². The first-order valence-electron chi connectivity index (χ1n) is 9.60. The molecular weight excluding hydrogens is 288 g/mol. The smallest absolute Gasteiger partial charge is 0.410 e. The van der Waals surface area contributed by atoms with E-state index in [1.54, 1.807) is 0 Å². The zero-order valence-electron chi connectivity index (χ0n) is 15.6. The number of nitrogens with zero attached hydrogens (tertiary/aromatic N) is 1. The molecule has 1 aliphatic carbocycles. The summed E-state index contributed by atoms with van der Waals surface area (Å²) >= 11 is 0. The van der Waals surface area contributed by atoms with Crippen LogP contribution in [0.4, 0.5) is 4.79 Å². The highest BCUT2D eigenvalue weighted by molar-refractivity contribution is 5.68. The maximum atomic E-state index is 12.5. The van der Waals surface area contributed by atoms with Crippen LogP contribution in [0.1, 0.15) is 79.1 Å². The molecule has 1 amide bonds. The average Bonchev–Trinajstić information content (AvgIpc) is 2.68. The minimum Gasteiger partial charge on any atom is -0.444 e. The minimum atomic E-state index is -0.414. The predicted octanol–water partition coefficient (Wildman–Crippen LogP) is 4.33. The Hall–Kier alpha value is -0.770. The van der Waals surface area contributed by atoms with Gasteiger partial charge in [0.2, 0.25) is 0 Å². The van der Waals surface area contributed by atoms with Gasteiger partial charge in [0.15, 0.2) is 0 Å². The Labute approximate surface area is 142 Å². The van der Waals surface area contributed by atoms with E-state index in [2.05, 4.69) is 12.2 Å². The van der Waals surface area contributed by atoms with Gasteiger partial charge in [-0.25, -0.2) is 4.79 Å². The molecule has 1 heterocycles. The number of nitrogens with one attached hydrogen (secondary N) is 1. The second-order valence-corrected chi connectivity index (χ2v) is 8.45. The predicted molar refractivity (Wildman–Crippen MR) is 94.6 cm³/mol. The van der Waals surface area contributed by atoms with Crippen molar-refractivity contribution in [3.8, 4) is 0 Å². The molecule has 1 aliphatic heterocycles. The highest BCUT2D eigenvalue weighted by atomic mass is 16.6. The van der Waals surface area contributed by atoms with E-state index < -0.39 is 5.60 Å². The minimum absolute atomic E-state index is 0.141. The fraction of sp³-hybridized carbons (Fsp3) is 0.947. The van der Waals surface area contributed by atoms with Gasteiger partial charge in [0.25, 0.3) is 0 Å². The van der Waals surface area contributed by atoms with Gasteiger partial charge in [-0.05, 0) is 58.8 Å². The zero-order chi connectivity index (χ0) is 16.9. The summed E-state index contributed by atoms with van der Waals surface area (Å²) in [5.41, 5.74) is -0.414. The van der Waals surface area contributed by atoms with Gasteiger partial charge in [-0.2, -0.15) is 0 Å². The molecule has 1 N–H and O–H groups in total. The first-order chi connectivity index (χ1) is 10.9. The molecule has 0 radical (unpaired) electrons. The summed E-state index contributed by atoms with van der Waals surface area (Å²) in [4.78, 5) is 14.4. The summed E-state index contributed by atoms with van der Waals surface area (Å²) in [6, 6.07) is 0.897. The Morgan fingerprint density at radius 3 is 2.52 bits per heavy atom. The third-order valence-electron chi connectivity index (χ3n) is 5.23. The van der Waals surface area contributed by atoms with Crippen molar-refractivity contribution in [1.82, 2.24) is 10.2 Å². The van der Waals surface area contributed by atoms with E-state index in [-0.39, 0.29) is 12.1 Å². The fourth-order valence-corrected chi connectivity index (χ4v) is 3.86. The molecule has 134 valence electrons. The summed E-state index contributed by atoms with van der Waals surface area (Å²) < 4.78 is 5.60. The quantitative estimate of drug-likeness (QED) is 0.785. The largest absolute Gasteiger partial charge is 0.444 e. The second kappa shape index (κ2) is 8.36. The molecule has 0 bridgehead atoms. The van der Waals surface area contributed by atoms with E-state index >= 15 is 0 Å². The van der Waals surface area contributed by atoms with Gasteiger partial charge in [-0.3, -0.25) is 0 Å². The Morgan fingerprint density at radius 2 is 1.78 bits per heavy atom. The highest BCUT2D eigenvalue weighted by Gasteiger charge is 2.31. The summed E-state index contributed by atoms with van der Waals surface area (Å²) in [5.74, 6) is 0.746. The van der Waals surface area contributed by atoms with Crippen molar-refractivity contribution in [3.05, 3.63) is 0 Å². The van der Waals surface area contributed by atoms with Crippen molar-refractivity contribution >= 4 is 6.09 Å². The van der Waals surface area contributed by atoms with Crippen LogP contribution in [0.15, 0.2) is 0 Å². The lowest BCUT2D eigenvalue weighted by Crippen LogP contribution is -2.52. The maximum absolute atomic E-state index is 12.5. The van der Waals surface area contributed by atoms with Crippen LogP contribution in [0.3, 0.4) is 0 Å². The molecule has 4 nitrogen and oxygen atoms in total. The Morgan fingerprint density at radius 1 is 1.09 bits per heavy atom. The monoisotopic (exact) mass is 324 g/mol. The van der Waals surface area contributed by atoms with Crippen molar-refractivity contribution in [1.29, 1.82) is 0 Å². The number of hydrogen-bond acceptors (Lipinski definition) is 3. The lowest BCUT2D eigenvalue weighted by atomic mass is 9.96. The zero-order valence-corrected chi connectivity index (χ0v) is 15.6. The van der Waals surface area contributed by atoms with Gasteiger partial charge in [-0.15, -0.1) is 0 Å². The van der Waals surface area contributed by atoms with E-state index in [1.165, 1.54) is 38.5 Å². The van der Waals surface area contributed by atoms with Gasteiger partial charge in [0, 0.05) is 25.2 Å². The number of carbonyl (C=O) groups is 1. The SMILES string of the molecule is CC1CCCCCC1NCC1CCCCN1C(=O)OC(C)(C)C. The van der Waals surface area contributed by atoms with E-state index in [0.717, 1.165) is 31.8 Å². The molecule has 1 saturated carbocycles. The number of rotatable bonds is 3. The van der Waals surface area contributed by atoms with Crippen molar-refractivity contribution in [2.24, 2.45) is 5.92 Å². The van der Waals surface area contributed by atoms with E-state index in [0.29, 0.717) is 6.04 Å². The van der Waals surface area contributed by atoms with Gasteiger partial charge in [0.1, 0.15) is 5.60 Å². The number of likely N-dealkylation sites (tertiary alicyclic amines) is 1. The lowest BCUT2D eigenvalue weighted by Gasteiger charge is -2.38. The molecular formula is C19H36N2O2. The Kier molecular flexibility index (Phi) is 6.75. The van der Waals surface area contributed by atoms with Crippen LogP contribution in [-0.4, -0.2) is 41.8 Å². The molecule has 23 heavy (non-hydrogen) atoms. The number of ether oxygens (including phenoxy) is 1.